The average molecular weight is 299 g/mol. The lowest BCUT2D eigenvalue weighted by molar-refractivity contribution is -0.137. The molecular weight excluding hydrogens is 283 g/mol. The molecule has 0 aliphatic carbocycles. The third-order valence-electron chi connectivity index (χ3n) is 3.38. The van der Waals surface area contributed by atoms with E-state index in [9.17, 15) is 13.2 Å². The van der Waals surface area contributed by atoms with Gasteiger partial charge in [0, 0.05) is 12.8 Å². The molecule has 2 atom stereocenters. The molecule has 1 aromatic rings. The second kappa shape index (κ2) is 5.94. The Morgan fingerprint density at radius 1 is 1.24 bits per heavy atom. The number of hydrogen-bond donors (Lipinski definition) is 0. The van der Waals surface area contributed by atoms with Crippen LogP contribution in [0.3, 0.4) is 0 Å². The molecule has 114 valence electrons. The standard InChI is InChI=1S/C15H16F3NO2/c1-9-5-13(6-10(2)20-9)21-14-4-3-12(15(16,17)18)7-11(14)8-19/h3-4,7,9-10,13H,5-6H2,1-2H3. The van der Waals surface area contributed by atoms with Gasteiger partial charge in [-0.05, 0) is 32.0 Å². The summed E-state index contributed by atoms with van der Waals surface area (Å²) in [5.74, 6) is 0.191. The van der Waals surface area contributed by atoms with E-state index in [2.05, 4.69) is 0 Å². The summed E-state index contributed by atoms with van der Waals surface area (Å²) in [7, 11) is 0. The Morgan fingerprint density at radius 3 is 2.38 bits per heavy atom. The lowest BCUT2D eigenvalue weighted by atomic mass is 10.0. The zero-order chi connectivity index (χ0) is 15.6. The molecule has 0 N–H and O–H groups in total. The summed E-state index contributed by atoms with van der Waals surface area (Å²) in [5.41, 5.74) is -0.947. The van der Waals surface area contributed by atoms with Gasteiger partial charge in [-0.25, -0.2) is 0 Å². The summed E-state index contributed by atoms with van der Waals surface area (Å²) in [4.78, 5) is 0. The molecule has 1 saturated heterocycles. The SMILES string of the molecule is CC1CC(Oc2ccc(C(F)(F)F)cc2C#N)CC(C)O1. The van der Waals surface area contributed by atoms with Crippen LogP contribution in [0.2, 0.25) is 0 Å². The maximum absolute atomic E-state index is 12.6. The van der Waals surface area contributed by atoms with Crippen LogP contribution in [0, 0.1) is 11.3 Å². The number of hydrogen-bond acceptors (Lipinski definition) is 3. The van der Waals surface area contributed by atoms with E-state index in [1.165, 1.54) is 6.07 Å². The highest BCUT2D eigenvalue weighted by Crippen LogP contribution is 2.33. The maximum Gasteiger partial charge on any atom is 0.416 e. The van der Waals surface area contributed by atoms with E-state index >= 15 is 0 Å². The first kappa shape index (κ1) is 15.6. The van der Waals surface area contributed by atoms with Crippen molar-refractivity contribution in [3.05, 3.63) is 29.3 Å². The molecule has 0 bridgehead atoms. The van der Waals surface area contributed by atoms with E-state index in [1.807, 2.05) is 13.8 Å². The molecule has 0 saturated carbocycles. The maximum atomic E-state index is 12.6. The Balaban J connectivity index is 2.19. The molecule has 1 aliphatic rings. The van der Waals surface area contributed by atoms with E-state index in [4.69, 9.17) is 14.7 Å². The van der Waals surface area contributed by atoms with E-state index in [-0.39, 0.29) is 29.6 Å². The second-order valence-corrected chi connectivity index (χ2v) is 5.29. The highest BCUT2D eigenvalue weighted by Gasteiger charge is 2.32. The quantitative estimate of drug-likeness (QED) is 0.831. The van der Waals surface area contributed by atoms with E-state index in [0.717, 1.165) is 12.1 Å². The van der Waals surface area contributed by atoms with Crippen LogP contribution in [-0.4, -0.2) is 18.3 Å². The summed E-state index contributed by atoms with van der Waals surface area (Å²) >= 11 is 0. The highest BCUT2D eigenvalue weighted by molar-refractivity contribution is 5.46. The lowest BCUT2D eigenvalue weighted by Gasteiger charge is -2.32. The monoisotopic (exact) mass is 299 g/mol. The van der Waals surface area contributed by atoms with E-state index in [0.29, 0.717) is 12.8 Å². The fourth-order valence-corrected chi connectivity index (χ4v) is 2.52. The van der Waals surface area contributed by atoms with Crippen LogP contribution in [0.15, 0.2) is 18.2 Å². The van der Waals surface area contributed by atoms with Crippen LogP contribution >= 0.6 is 0 Å². The minimum absolute atomic E-state index is 0.0266. The Bertz CT molecular complexity index is 541. The van der Waals surface area contributed by atoms with Crippen LogP contribution in [0.1, 0.15) is 37.8 Å². The first-order valence-corrected chi connectivity index (χ1v) is 6.73. The summed E-state index contributed by atoms with van der Waals surface area (Å²) < 4.78 is 49.2. The first-order valence-electron chi connectivity index (χ1n) is 6.73. The van der Waals surface area contributed by atoms with Gasteiger partial charge < -0.3 is 9.47 Å². The topological polar surface area (TPSA) is 42.2 Å². The minimum atomic E-state index is -4.47. The van der Waals surface area contributed by atoms with Crippen LogP contribution in [0.5, 0.6) is 5.75 Å². The van der Waals surface area contributed by atoms with Gasteiger partial charge in [0.25, 0.3) is 0 Å². The summed E-state index contributed by atoms with van der Waals surface area (Å²) in [6, 6.07) is 4.73. The molecule has 2 unspecified atom stereocenters. The Kier molecular flexibility index (Phi) is 4.43. The number of alkyl halides is 3. The summed E-state index contributed by atoms with van der Waals surface area (Å²) in [6.45, 7) is 3.84. The Hall–Kier alpha value is -1.74. The van der Waals surface area contributed by atoms with Crippen LogP contribution in [0.4, 0.5) is 13.2 Å². The molecule has 1 aromatic carbocycles. The minimum Gasteiger partial charge on any atom is -0.489 e. The molecule has 1 heterocycles. The predicted molar refractivity (Wildman–Crippen MR) is 69.8 cm³/mol. The molecule has 0 aromatic heterocycles. The van der Waals surface area contributed by atoms with Crippen molar-refractivity contribution in [1.29, 1.82) is 5.26 Å². The third kappa shape index (κ3) is 3.88. The van der Waals surface area contributed by atoms with Crippen molar-refractivity contribution in [2.45, 2.75) is 51.2 Å². The van der Waals surface area contributed by atoms with Gasteiger partial charge in [0.1, 0.15) is 17.9 Å². The predicted octanol–water partition coefficient (Wildman–Crippen LogP) is 3.91. The van der Waals surface area contributed by atoms with Crippen molar-refractivity contribution in [2.75, 3.05) is 0 Å². The number of nitriles is 1. The normalized spacial score (nSPS) is 26.2. The zero-order valence-electron chi connectivity index (χ0n) is 11.8. The number of ether oxygens (including phenoxy) is 2. The van der Waals surface area contributed by atoms with Crippen molar-refractivity contribution in [1.82, 2.24) is 0 Å². The van der Waals surface area contributed by atoms with Crippen molar-refractivity contribution in [2.24, 2.45) is 0 Å². The van der Waals surface area contributed by atoms with Crippen LogP contribution < -0.4 is 4.74 Å². The molecule has 0 spiro atoms. The first-order chi connectivity index (χ1) is 9.79. The fourth-order valence-electron chi connectivity index (χ4n) is 2.52. The van der Waals surface area contributed by atoms with Crippen molar-refractivity contribution in [3.8, 4) is 11.8 Å². The molecule has 0 radical (unpaired) electrons. The van der Waals surface area contributed by atoms with Gasteiger partial charge in [-0.2, -0.15) is 18.4 Å². The van der Waals surface area contributed by atoms with Crippen LogP contribution in [0.25, 0.3) is 0 Å². The average Bonchev–Trinajstić information content (AvgIpc) is 2.36. The van der Waals surface area contributed by atoms with Gasteiger partial charge in [0.15, 0.2) is 0 Å². The number of halogens is 3. The van der Waals surface area contributed by atoms with Crippen molar-refractivity contribution < 1.29 is 22.6 Å². The molecular formula is C15H16F3NO2. The molecule has 1 fully saturated rings. The molecule has 0 amide bonds. The van der Waals surface area contributed by atoms with Gasteiger partial charge in [0.05, 0.1) is 23.3 Å². The molecule has 21 heavy (non-hydrogen) atoms. The van der Waals surface area contributed by atoms with E-state index < -0.39 is 11.7 Å². The fraction of sp³-hybridized carbons (Fsp3) is 0.533. The van der Waals surface area contributed by atoms with Gasteiger partial charge in [-0.3, -0.25) is 0 Å². The Labute approximate surface area is 121 Å². The summed E-state index contributed by atoms with van der Waals surface area (Å²) in [6.07, 6.45) is -3.27. The lowest BCUT2D eigenvalue weighted by Crippen LogP contribution is -2.35. The highest BCUT2D eigenvalue weighted by atomic mass is 19.4. The number of rotatable bonds is 2. The van der Waals surface area contributed by atoms with Crippen molar-refractivity contribution >= 4 is 0 Å². The molecule has 3 nitrogen and oxygen atoms in total. The third-order valence-corrected chi connectivity index (χ3v) is 3.38. The van der Waals surface area contributed by atoms with Crippen LogP contribution in [-0.2, 0) is 10.9 Å². The number of benzene rings is 1. The smallest absolute Gasteiger partial charge is 0.416 e. The molecule has 2 rings (SSSR count). The Morgan fingerprint density at radius 2 is 1.86 bits per heavy atom. The molecule has 6 heteroatoms. The summed E-state index contributed by atoms with van der Waals surface area (Å²) in [5, 5.41) is 9.02. The van der Waals surface area contributed by atoms with E-state index in [1.54, 1.807) is 6.07 Å². The second-order valence-electron chi connectivity index (χ2n) is 5.29. The van der Waals surface area contributed by atoms with Gasteiger partial charge in [-0.1, -0.05) is 0 Å². The largest absolute Gasteiger partial charge is 0.489 e. The number of nitrogens with zero attached hydrogens (tertiary/aromatic N) is 1. The van der Waals surface area contributed by atoms with Gasteiger partial charge in [0.2, 0.25) is 0 Å². The van der Waals surface area contributed by atoms with Gasteiger partial charge >= 0.3 is 6.18 Å². The molecule has 1 aliphatic heterocycles. The van der Waals surface area contributed by atoms with Crippen molar-refractivity contribution in [3.63, 3.8) is 0 Å². The van der Waals surface area contributed by atoms with Gasteiger partial charge in [-0.15, -0.1) is 0 Å². The zero-order valence-corrected chi connectivity index (χ0v) is 11.8.